The minimum atomic E-state index is -0.960. The third-order valence-electron chi connectivity index (χ3n) is 4.01. The van der Waals surface area contributed by atoms with Crippen molar-refractivity contribution in [3.8, 4) is 0 Å². The summed E-state index contributed by atoms with van der Waals surface area (Å²) in [6.07, 6.45) is 3.86. The maximum absolute atomic E-state index is 12.3. The molecule has 0 radical (unpaired) electrons. The van der Waals surface area contributed by atoms with Gasteiger partial charge in [0.25, 0.3) is 0 Å². The van der Waals surface area contributed by atoms with Gasteiger partial charge in [-0.05, 0) is 24.0 Å². The van der Waals surface area contributed by atoms with Crippen LogP contribution in [0.25, 0.3) is 0 Å². The summed E-state index contributed by atoms with van der Waals surface area (Å²) < 4.78 is 0. The SMILES string of the molecule is O=C(O)[C@@H]1Cc2ccccc2N1C(=O)NCCC1CC1. The number of amides is 2. The van der Waals surface area contributed by atoms with Crippen molar-refractivity contribution in [1.29, 1.82) is 0 Å². The van der Waals surface area contributed by atoms with Crippen LogP contribution in [0.5, 0.6) is 0 Å². The molecule has 1 heterocycles. The molecule has 2 aliphatic rings. The number of carbonyl (C=O) groups is 2. The van der Waals surface area contributed by atoms with E-state index in [-0.39, 0.29) is 6.03 Å². The van der Waals surface area contributed by atoms with Crippen molar-refractivity contribution in [3.05, 3.63) is 29.8 Å². The highest BCUT2D eigenvalue weighted by Crippen LogP contribution is 2.33. The number of rotatable bonds is 4. The summed E-state index contributed by atoms with van der Waals surface area (Å²) in [4.78, 5) is 25.0. The quantitative estimate of drug-likeness (QED) is 0.882. The summed E-state index contributed by atoms with van der Waals surface area (Å²) in [7, 11) is 0. The molecule has 0 aromatic heterocycles. The number of hydrogen-bond donors (Lipinski definition) is 2. The number of fused-ring (bicyclic) bond motifs is 1. The summed E-state index contributed by atoms with van der Waals surface area (Å²) >= 11 is 0. The largest absolute Gasteiger partial charge is 0.480 e. The first-order valence-corrected chi connectivity index (χ1v) is 7.04. The van der Waals surface area contributed by atoms with Crippen LogP contribution in [-0.2, 0) is 11.2 Å². The topological polar surface area (TPSA) is 69.6 Å². The average Bonchev–Trinajstić information content (AvgIpc) is 3.16. The molecule has 1 atom stereocenters. The minimum absolute atomic E-state index is 0.303. The zero-order chi connectivity index (χ0) is 14.1. The smallest absolute Gasteiger partial charge is 0.327 e. The second-order valence-electron chi connectivity index (χ2n) is 5.52. The van der Waals surface area contributed by atoms with Crippen LogP contribution in [-0.4, -0.2) is 29.7 Å². The van der Waals surface area contributed by atoms with Crippen molar-refractivity contribution >= 4 is 17.7 Å². The Bertz CT molecular complexity index is 540. The van der Waals surface area contributed by atoms with Crippen LogP contribution >= 0.6 is 0 Å². The Balaban J connectivity index is 1.73. The molecule has 5 nitrogen and oxygen atoms in total. The third kappa shape index (κ3) is 2.48. The highest BCUT2D eigenvalue weighted by atomic mass is 16.4. The molecule has 5 heteroatoms. The summed E-state index contributed by atoms with van der Waals surface area (Å²) in [6.45, 7) is 0.620. The molecule has 1 aromatic carbocycles. The van der Waals surface area contributed by atoms with Gasteiger partial charge in [0.15, 0.2) is 0 Å². The number of aliphatic carboxylic acids is 1. The highest BCUT2D eigenvalue weighted by molar-refractivity contribution is 6.01. The van der Waals surface area contributed by atoms with Crippen molar-refractivity contribution in [2.45, 2.75) is 31.7 Å². The summed E-state index contributed by atoms with van der Waals surface area (Å²) in [5.41, 5.74) is 1.63. The molecular weight excluding hydrogens is 256 g/mol. The van der Waals surface area contributed by atoms with Crippen LogP contribution < -0.4 is 10.2 Å². The number of urea groups is 1. The van der Waals surface area contributed by atoms with Gasteiger partial charge in [-0.15, -0.1) is 0 Å². The Morgan fingerprint density at radius 1 is 1.30 bits per heavy atom. The Hall–Kier alpha value is -2.04. The lowest BCUT2D eigenvalue weighted by Crippen LogP contribution is -2.48. The van der Waals surface area contributed by atoms with E-state index in [1.54, 1.807) is 6.07 Å². The molecular formula is C15H18N2O3. The number of carboxylic acids is 1. The predicted molar refractivity (Wildman–Crippen MR) is 74.8 cm³/mol. The van der Waals surface area contributed by atoms with E-state index < -0.39 is 12.0 Å². The Labute approximate surface area is 117 Å². The van der Waals surface area contributed by atoms with Crippen LogP contribution in [0.4, 0.5) is 10.5 Å². The Morgan fingerprint density at radius 3 is 2.75 bits per heavy atom. The van der Waals surface area contributed by atoms with E-state index >= 15 is 0 Å². The van der Waals surface area contributed by atoms with Crippen LogP contribution in [0, 0.1) is 5.92 Å². The minimum Gasteiger partial charge on any atom is -0.480 e. The second-order valence-corrected chi connectivity index (χ2v) is 5.52. The van der Waals surface area contributed by atoms with Crippen LogP contribution in [0.3, 0.4) is 0 Å². The first-order chi connectivity index (χ1) is 9.66. The molecule has 2 amide bonds. The molecule has 0 spiro atoms. The van der Waals surface area contributed by atoms with Gasteiger partial charge < -0.3 is 10.4 Å². The van der Waals surface area contributed by atoms with Crippen LogP contribution in [0.1, 0.15) is 24.8 Å². The number of nitrogens with zero attached hydrogens (tertiary/aromatic N) is 1. The van der Waals surface area contributed by atoms with Gasteiger partial charge in [-0.2, -0.15) is 0 Å². The van der Waals surface area contributed by atoms with Gasteiger partial charge >= 0.3 is 12.0 Å². The van der Waals surface area contributed by atoms with Crippen molar-refractivity contribution in [2.24, 2.45) is 5.92 Å². The van der Waals surface area contributed by atoms with E-state index in [4.69, 9.17) is 0 Å². The van der Waals surface area contributed by atoms with Crippen LogP contribution in [0.15, 0.2) is 24.3 Å². The lowest BCUT2D eigenvalue weighted by molar-refractivity contribution is -0.138. The lowest BCUT2D eigenvalue weighted by atomic mass is 10.1. The van der Waals surface area contributed by atoms with Crippen LogP contribution in [0.2, 0.25) is 0 Å². The molecule has 0 unspecified atom stereocenters. The number of nitrogens with one attached hydrogen (secondary N) is 1. The first-order valence-electron chi connectivity index (χ1n) is 7.04. The molecule has 1 aromatic rings. The van der Waals surface area contributed by atoms with E-state index in [1.807, 2.05) is 18.2 Å². The number of anilines is 1. The molecule has 1 fully saturated rings. The lowest BCUT2D eigenvalue weighted by Gasteiger charge is -2.23. The van der Waals surface area contributed by atoms with E-state index in [1.165, 1.54) is 17.7 Å². The Morgan fingerprint density at radius 2 is 2.05 bits per heavy atom. The molecule has 3 rings (SSSR count). The van der Waals surface area contributed by atoms with E-state index in [0.717, 1.165) is 17.9 Å². The molecule has 0 bridgehead atoms. The van der Waals surface area contributed by atoms with Gasteiger partial charge in [-0.3, -0.25) is 4.90 Å². The predicted octanol–water partition coefficient (Wildman–Crippen LogP) is 2.01. The molecule has 0 saturated heterocycles. The number of para-hydroxylation sites is 1. The molecule has 1 aliphatic heterocycles. The normalized spacial score (nSPS) is 20.6. The monoisotopic (exact) mass is 274 g/mol. The summed E-state index contributed by atoms with van der Waals surface area (Å²) in [5, 5.41) is 12.2. The molecule has 1 saturated carbocycles. The van der Waals surface area contributed by atoms with E-state index in [2.05, 4.69) is 5.32 Å². The summed E-state index contributed by atoms with van der Waals surface area (Å²) in [5.74, 6) is -0.213. The highest BCUT2D eigenvalue weighted by Gasteiger charge is 2.38. The van der Waals surface area contributed by atoms with Gasteiger partial charge in [0.2, 0.25) is 0 Å². The van der Waals surface area contributed by atoms with Gasteiger partial charge in [-0.1, -0.05) is 31.0 Å². The summed E-state index contributed by atoms with van der Waals surface area (Å²) in [6, 6.07) is 6.28. The maximum Gasteiger partial charge on any atom is 0.327 e. The third-order valence-corrected chi connectivity index (χ3v) is 4.01. The molecule has 1 aliphatic carbocycles. The fourth-order valence-electron chi connectivity index (χ4n) is 2.71. The van der Waals surface area contributed by atoms with Gasteiger partial charge in [0.1, 0.15) is 6.04 Å². The van der Waals surface area contributed by atoms with Gasteiger partial charge in [0.05, 0.1) is 0 Å². The molecule has 2 N–H and O–H groups in total. The molecule has 106 valence electrons. The number of carboxylic acid groups (broad SMARTS) is 1. The maximum atomic E-state index is 12.3. The van der Waals surface area contributed by atoms with E-state index in [9.17, 15) is 14.7 Å². The van der Waals surface area contributed by atoms with Crippen molar-refractivity contribution < 1.29 is 14.7 Å². The fourth-order valence-corrected chi connectivity index (χ4v) is 2.71. The van der Waals surface area contributed by atoms with Crippen molar-refractivity contribution in [1.82, 2.24) is 5.32 Å². The zero-order valence-electron chi connectivity index (χ0n) is 11.2. The number of carbonyl (C=O) groups excluding carboxylic acids is 1. The average molecular weight is 274 g/mol. The van der Waals surface area contributed by atoms with Gasteiger partial charge in [-0.25, -0.2) is 9.59 Å². The number of benzene rings is 1. The first kappa shape index (κ1) is 13.0. The second kappa shape index (κ2) is 5.15. The van der Waals surface area contributed by atoms with E-state index in [0.29, 0.717) is 18.7 Å². The molecule has 20 heavy (non-hydrogen) atoms. The standard InChI is InChI=1S/C15H18N2O3/c18-14(19)13-9-11-3-1-2-4-12(11)17(13)15(20)16-8-7-10-5-6-10/h1-4,10,13H,5-9H2,(H,16,20)(H,18,19)/t13-/m0/s1. The van der Waals surface area contributed by atoms with Crippen molar-refractivity contribution in [2.75, 3.05) is 11.4 Å². The Kier molecular flexibility index (Phi) is 3.34. The fraction of sp³-hybridized carbons (Fsp3) is 0.467. The van der Waals surface area contributed by atoms with Crippen molar-refractivity contribution in [3.63, 3.8) is 0 Å². The zero-order valence-corrected chi connectivity index (χ0v) is 11.2. The van der Waals surface area contributed by atoms with Gasteiger partial charge in [0, 0.05) is 18.7 Å². The number of hydrogen-bond acceptors (Lipinski definition) is 2.